The third-order valence-corrected chi connectivity index (χ3v) is 5.10. The lowest BCUT2D eigenvalue weighted by Crippen LogP contribution is -2.42. The van der Waals surface area contributed by atoms with E-state index in [1.54, 1.807) is 36.2 Å². The molecule has 28 heavy (non-hydrogen) atoms. The highest BCUT2D eigenvalue weighted by Gasteiger charge is 2.25. The number of rotatable bonds is 5. The zero-order valence-corrected chi connectivity index (χ0v) is 17.2. The molecule has 1 atom stereocenters. The Morgan fingerprint density at radius 1 is 1.11 bits per heavy atom. The maximum atomic E-state index is 12.9. The van der Waals surface area contributed by atoms with E-state index in [1.807, 2.05) is 42.3 Å². The summed E-state index contributed by atoms with van der Waals surface area (Å²) in [5, 5.41) is 3.20. The Hall–Kier alpha value is -2.37. The lowest BCUT2D eigenvalue weighted by atomic mass is 9.97. The number of benzene rings is 2. The summed E-state index contributed by atoms with van der Waals surface area (Å²) in [7, 11) is 3.69. The molecule has 1 aliphatic heterocycles. The average Bonchev–Trinajstić information content (AvgIpc) is 2.73. The summed E-state index contributed by atoms with van der Waals surface area (Å²) in [5.41, 5.74) is 1.92. The van der Waals surface area contributed by atoms with Gasteiger partial charge in [0.1, 0.15) is 0 Å². The number of piperidine rings is 1. The fourth-order valence-corrected chi connectivity index (χ4v) is 3.64. The van der Waals surface area contributed by atoms with Gasteiger partial charge in [-0.15, -0.1) is 12.4 Å². The standard InChI is InChI=1S/C22H27N3O2.ClH/c1-23-15-17-8-7-13-25(16-17)22(27)19-10-6-9-18(14-19)21(26)24(2)20-11-4-3-5-12-20;/h3-6,9-12,14,17,23H,7-8,13,15-16H2,1-2H3;1H. The van der Waals surface area contributed by atoms with Gasteiger partial charge in [0.05, 0.1) is 0 Å². The van der Waals surface area contributed by atoms with Gasteiger partial charge >= 0.3 is 0 Å². The van der Waals surface area contributed by atoms with Crippen molar-refractivity contribution in [3.05, 3.63) is 65.7 Å². The minimum Gasteiger partial charge on any atom is -0.338 e. The number of nitrogens with one attached hydrogen (secondary N) is 1. The first-order chi connectivity index (χ1) is 13.1. The minimum absolute atomic E-state index is 0. The lowest BCUT2D eigenvalue weighted by molar-refractivity contribution is 0.0674. The normalized spacial score (nSPS) is 16.2. The molecule has 2 aromatic carbocycles. The van der Waals surface area contributed by atoms with E-state index in [-0.39, 0.29) is 24.2 Å². The van der Waals surface area contributed by atoms with Crippen molar-refractivity contribution in [3.8, 4) is 0 Å². The van der Waals surface area contributed by atoms with E-state index in [9.17, 15) is 9.59 Å². The van der Waals surface area contributed by atoms with Gasteiger partial charge in [-0.05, 0) is 62.7 Å². The van der Waals surface area contributed by atoms with E-state index in [1.165, 1.54) is 0 Å². The topological polar surface area (TPSA) is 52.7 Å². The predicted octanol–water partition coefficient (Wildman–Crippen LogP) is 3.46. The van der Waals surface area contributed by atoms with Crippen LogP contribution in [0.4, 0.5) is 5.69 Å². The van der Waals surface area contributed by atoms with Crippen molar-refractivity contribution >= 4 is 29.9 Å². The third-order valence-electron chi connectivity index (χ3n) is 5.10. The maximum absolute atomic E-state index is 12.9. The Bertz CT molecular complexity index is 795. The molecular formula is C22H28ClN3O2. The molecule has 2 amide bonds. The van der Waals surface area contributed by atoms with Crippen LogP contribution in [0.5, 0.6) is 0 Å². The molecule has 150 valence electrons. The molecule has 2 aromatic rings. The van der Waals surface area contributed by atoms with E-state index < -0.39 is 0 Å². The second-order valence-electron chi connectivity index (χ2n) is 7.10. The van der Waals surface area contributed by atoms with Crippen molar-refractivity contribution in [1.82, 2.24) is 10.2 Å². The number of halogens is 1. The van der Waals surface area contributed by atoms with Crippen LogP contribution in [0.3, 0.4) is 0 Å². The number of hydrogen-bond donors (Lipinski definition) is 1. The first-order valence-corrected chi connectivity index (χ1v) is 9.47. The van der Waals surface area contributed by atoms with E-state index in [2.05, 4.69) is 5.32 Å². The van der Waals surface area contributed by atoms with Gasteiger partial charge in [-0.2, -0.15) is 0 Å². The summed E-state index contributed by atoms with van der Waals surface area (Å²) in [6.45, 7) is 2.47. The summed E-state index contributed by atoms with van der Waals surface area (Å²) in [6, 6.07) is 16.6. The SMILES string of the molecule is CNCC1CCCN(C(=O)c2cccc(C(=O)N(C)c3ccccc3)c2)C1.Cl. The average molecular weight is 402 g/mol. The van der Waals surface area contributed by atoms with E-state index in [4.69, 9.17) is 0 Å². The minimum atomic E-state index is -0.123. The molecule has 0 saturated carbocycles. The summed E-state index contributed by atoms with van der Waals surface area (Å²) >= 11 is 0. The second kappa shape index (κ2) is 10.2. The third kappa shape index (κ3) is 5.12. The summed E-state index contributed by atoms with van der Waals surface area (Å²) in [5.74, 6) is 0.372. The fraction of sp³-hybridized carbons (Fsp3) is 0.364. The highest BCUT2D eigenvalue weighted by Crippen LogP contribution is 2.20. The van der Waals surface area contributed by atoms with Gasteiger partial charge in [-0.1, -0.05) is 24.3 Å². The van der Waals surface area contributed by atoms with Gasteiger partial charge in [-0.25, -0.2) is 0 Å². The summed E-state index contributed by atoms with van der Waals surface area (Å²) in [6.07, 6.45) is 2.17. The lowest BCUT2D eigenvalue weighted by Gasteiger charge is -2.33. The molecule has 1 fully saturated rings. The van der Waals surface area contributed by atoms with Crippen LogP contribution in [-0.2, 0) is 0 Å². The Balaban J connectivity index is 0.00000280. The van der Waals surface area contributed by atoms with Crippen LogP contribution >= 0.6 is 12.4 Å². The molecule has 5 nitrogen and oxygen atoms in total. The Morgan fingerprint density at radius 2 is 1.82 bits per heavy atom. The number of carbonyl (C=O) groups is 2. The van der Waals surface area contributed by atoms with Gasteiger partial charge in [0.2, 0.25) is 0 Å². The monoisotopic (exact) mass is 401 g/mol. The quantitative estimate of drug-likeness (QED) is 0.834. The Labute approximate surface area is 173 Å². The van der Waals surface area contributed by atoms with Gasteiger partial charge in [0, 0.05) is 37.0 Å². The van der Waals surface area contributed by atoms with Gasteiger partial charge in [-0.3, -0.25) is 9.59 Å². The molecule has 0 spiro atoms. The highest BCUT2D eigenvalue weighted by atomic mass is 35.5. The molecule has 1 saturated heterocycles. The Kier molecular flexibility index (Phi) is 8.03. The van der Waals surface area contributed by atoms with Crippen LogP contribution in [0.1, 0.15) is 33.6 Å². The second-order valence-corrected chi connectivity index (χ2v) is 7.10. The molecule has 0 radical (unpaired) electrons. The molecule has 3 rings (SSSR count). The molecule has 1 unspecified atom stereocenters. The maximum Gasteiger partial charge on any atom is 0.258 e. The van der Waals surface area contributed by atoms with Crippen molar-refractivity contribution in [3.63, 3.8) is 0 Å². The largest absolute Gasteiger partial charge is 0.338 e. The number of amides is 2. The first kappa shape index (κ1) is 21.9. The molecular weight excluding hydrogens is 374 g/mol. The number of para-hydroxylation sites is 1. The molecule has 1 aliphatic rings. The molecule has 0 bridgehead atoms. The van der Waals surface area contributed by atoms with Crippen LogP contribution in [0.15, 0.2) is 54.6 Å². The molecule has 1 N–H and O–H groups in total. The molecule has 0 aliphatic carbocycles. The summed E-state index contributed by atoms with van der Waals surface area (Å²) < 4.78 is 0. The van der Waals surface area contributed by atoms with Gasteiger partial charge < -0.3 is 15.1 Å². The zero-order chi connectivity index (χ0) is 19.2. The van der Waals surface area contributed by atoms with Gasteiger partial charge in [0.15, 0.2) is 0 Å². The number of anilines is 1. The Morgan fingerprint density at radius 3 is 2.54 bits per heavy atom. The van der Waals surface area contributed by atoms with E-state index in [0.717, 1.165) is 38.2 Å². The molecule has 6 heteroatoms. The van der Waals surface area contributed by atoms with Crippen molar-refractivity contribution in [2.45, 2.75) is 12.8 Å². The zero-order valence-electron chi connectivity index (χ0n) is 16.4. The van der Waals surface area contributed by atoms with Crippen LogP contribution in [0.25, 0.3) is 0 Å². The molecule has 0 aromatic heterocycles. The van der Waals surface area contributed by atoms with Crippen molar-refractivity contribution in [2.75, 3.05) is 38.6 Å². The van der Waals surface area contributed by atoms with Gasteiger partial charge in [0.25, 0.3) is 11.8 Å². The van der Waals surface area contributed by atoms with Crippen LogP contribution in [0, 0.1) is 5.92 Å². The smallest absolute Gasteiger partial charge is 0.258 e. The van der Waals surface area contributed by atoms with Crippen molar-refractivity contribution in [2.24, 2.45) is 5.92 Å². The van der Waals surface area contributed by atoms with Crippen LogP contribution in [-0.4, -0.2) is 50.4 Å². The van der Waals surface area contributed by atoms with Crippen LogP contribution in [0.2, 0.25) is 0 Å². The van der Waals surface area contributed by atoms with E-state index >= 15 is 0 Å². The molecule has 1 heterocycles. The number of likely N-dealkylation sites (tertiary alicyclic amines) is 1. The van der Waals surface area contributed by atoms with Crippen molar-refractivity contribution < 1.29 is 9.59 Å². The summed E-state index contributed by atoms with van der Waals surface area (Å²) in [4.78, 5) is 29.3. The van der Waals surface area contributed by atoms with Crippen LogP contribution < -0.4 is 10.2 Å². The first-order valence-electron chi connectivity index (χ1n) is 9.47. The highest BCUT2D eigenvalue weighted by molar-refractivity contribution is 6.07. The predicted molar refractivity (Wildman–Crippen MR) is 115 cm³/mol. The number of nitrogens with zero attached hydrogens (tertiary/aromatic N) is 2. The van der Waals surface area contributed by atoms with Crippen molar-refractivity contribution in [1.29, 1.82) is 0 Å². The number of carbonyl (C=O) groups excluding carboxylic acids is 2. The fourth-order valence-electron chi connectivity index (χ4n) is 3.64. The van der Waals surface area contributed by atoms with E-state index in [0.29, 0.717) is 17.0 Å². The number of hydrogen-bond acceptors (Lipinski definition) is 3.